The molecule has 120 valence electrons. The summed E-state index contributed by atoms with van der Waals surface area (Å²) in [6.45, 7) is 13.7. The summed E-state index contributed by atoms with van der Waals surface area (Å²) in [4.78, 5) is 13.8. The van der Waals surface area contributed by atoms with Crippen molar-refractivity contribution in [2.75, 3.05) is 25.6 Å². The van der Waals surface area contributed by atoms with Crippen LogP contribution in [-0.4, -0.2) is 53.0 Å². The van der Waals surface area contributed by atoms with Crippen LogP contribution < -0.4 is 0 Å². The number of carbonyl (C=O) groups is 1. The summed E-state index contributed by atoms with van der Waals surface area (Å²) in [7, 11) is -1.14. The highest BCUT2D eigenvalue weighted by Crippen LogP contribution is 2.55. The first-order valence-corrected chi connectivity index (χ1v) is 9.58. The molecular formula is C15H31NO3S. The third-order valence-corrected chi connectivity index (χ3v) is 7.35. The van der Waals surface area contributed by atoms with E-state index in [0.717, 1.165) is 13.0 Å². The quantitative estimate of drug-likeness (QED) is 0.779. The molecule has 0 spiro atoms. The number of amides is 1. The van der Waals surface area contributed by atoms with Crippen molar-refractivity contribution in [3.63, 3.8) is 0 Å². The second-order valence-corrected chi connectivity index (χ2v) is 11.7. The molecule has 1 amide bonds. The minimum Gasteiger partial charge on any atom is -0.444 e. The Labute approximate surface area is 125 Å². The monoisotopic (exact) mass is 305 g/mol. The molecule has 0 aromatic heterocycles. The zero-order valence-electron chi connectivity index (χ0n) is 14.3. The molecule has 5 heteroatoms. The highest BCUT2D eigenvalue weighted by atomic mass is 32.3. The smallest absolute Gasteiger partial charge is 0.410 e. The predicted molar refractivity (Wildman–Crippen MR) is 86.5 cm³/mol. The van der Waals surface area contributed by atoms with E-state index in [2.05, 4.69) is 33.3 Å². The maximum atomic E-state index is 12.0. The van der Waals surface area contributed by atoms with Gasteiger partial charge in [-0.1, -0.05) is 20.8 Å². The van der Waals surface area contributed by atoms with Gasteiger partial charge in [0, 0.05) is 11.3 Å². The summed E-state index contributed by atoms with van der Waals surface area (Å²) in [5, 5.41) is 0. The minimum absolute atomic E-state index is 0.131. The molecule has 0 aromatic carbocycles. The molecule has 1 atom stereocenters. The molecule has 1 rings (SSSR count). The number of hydrogen-bond acceptors (Lipinski definition) is 3. The fourth-order valence-corrected chi connectivity index (χ4v) is 2.91. The molecule has 0 saturated carbocycles. The third kappa shape index (κ3) is 4.85. The first-order chi connectivity index (χ1) is 8.82. The van der Waals surface area contributed by atoms with Crippen LogP contribution >= 0.6 is 10.3 Å². The van der Waals surface area contributed by atoms with Crippen molar-refractivity contribution < 1.29 is 13.7 Å². The van der Waals surface area contributed by atoms with Gasteiger partial charge in [0.1, 0.15) is 5.60 Å². The number of ether oxygens (including phenoxy) is 1. The molecule has 0 N–H and O–H groups in total. The van der Waals surface area contributed by atoms with Gasteiger partial charge in [0.2, 0.25) is 0 Å². The topological polar surface area (TPSA) is 38.8 Å². The van der Waals surface area contributed by atoms with E-state index in [9.17, 15) is 4.79 Å². The molecule has 1 saturated heterocycles. The lowest BCUT2D eigenvalue weighted by Gasteiger charge is -2.45. The van der Waals surface area contributed by atoms with E-state index in [1.807, 2.05) is 20.8 Å². The van der Waals surface area contributed by atoms with E-state index in [-0.39, 0.29) is 16.9 Å². The fourth-order valence-electron chi connectivity index (χ4n) is 1.78. The van der Waals surface area contributed by atoms with E-state index in [0.29, 0.717) is 6.54 Å². The molecule has 1 heterocycles. The molecule has 1 fully saturated rings. The van der Waals surface area contributed by atoms with Crippen molar-refractivity contribution in [2.24, 2.45) is 0 Å². The van der Waals surface area contributed by atoms with E-state index >= 15 is 0 Å². The number of hydrogen-bond donors (Lipinski definition) is 0. The maximum Gasteiger partial charge on any atom is 0.410 e. The Balaban J connectivity index is 2.54. The van der Waals surface area contributed by atoms with Crippen molar-refractivity contribution >= 4 is 16.4 Å². The SMILES string of the molecule is CC(C)(C)OC(=O)N1CC[C@H](OS(C)(C)C(C)(C)C)C1. The van der Waals surface area contributed by atoms with Gasteiger partial charge in [-0.25, -0.2) is 4.79 Å². The van der Waals surface area contributed by atoms with Gasteiger partial charge in [0.25, 0.3) is 0 Å². The molecule has 0 unspecified atom stereocenters. The zero-order valence-corrected chi connectivity index (χ0v) is 15.1. The Bertz CT molecular complexity index is 355. The summed E-state index contributed by atoms with van der Waals surface area (Å²) < 4.78 is 11.9. The van der Waals surface area contributed by atoms with E-state index in [1.165, 1.54) is 0 Å². The Morgan fingerprint density at radius 3 is 2.15 bits per heavy atom. The number of likely N-dealkylation sites (tertiary alicyclic amines) is 1. The highest BCUT2D eigenvalue weighted by Gasteiger charge is 2.36. The summed E-state index contributed by atoms with van der Waals surface area (Å²) >= 11 is 0. The summed E-state index contributed by atoms with van der Waals surface area (Å²) in [5.74, 6) is 0. The largest absolute Gasteiger partial charge is 0.444 e. The Morgan fingerprint density at radius 2 is 1.70 bits per heavy atom. The van der Waals surface area contributed by atoms with Crippen LogP contribution in [0.2, 0.25) is 0 Å². The van der Waals surface area contributed by atoms with Gasteiger partial charge in [-0.2, -0.15) is 0 Å². The molecule has 0 radical (unpaired) electrons. The average molecular weight is 305 g/mol. The van der Waals surface area contributed by atoms with Crippen LogP contribution in [0.5, 0.6) is 0 Å². The molecule has 4 nitrogen and oxygen atoms in total. The van der Waals surface area contributed by atoms with E-state index in [4.69, 9.17) is 8.92 Å². The lowest BCUT2D eigenvalue weighted by Crippen LogP contribution is -2.36. The second kappa shape index (κ2) is 5.76. The number of rotatable bonds is 2. The molecule has 20 heavy (non-hydrogen) atoms. The van der Waals surface area contributed by atoms with Crippen LogP contribution in [0.15, 0.2) is 0 Å². The van der Waals surface area contributed by atoms with Crippen LogP contribution in [0.4, 0.5) is 4.79 Å². The van der Waals surface area contributed by atoms with Gasteiger partial charge in [-0.3, -0.25) is 0 Å². The number of carbonyl (C=O) groups excluding carboxylic acids is 1. The van der Waals surface area contributed by atoms with Crippen LogP contribution in [0, 0.1) is 0 Å². The molecule has 1 aliphatic rings. The summed E-state index contributed by atoms with van der Waals surface area (Å²) in [6, 6.07) is 0. The van der Waals surface area contributed by atoms with Gasteiger partial charge >= 0.3 is 6.09 Å². The lowest BCUT2D eigenvalue weighted by atomic mass is 10.2. The van der Waals surface area contributed by atoms with Crippen LogP contribution in [0.1, 0.15) is 48.0 Å². The Kier molecular flexibility index (Phi) is 5.08. The second-order valence-electron chi connectivity index (χ2n) is 7.78. The van der Waals surface area contributed by atoms with Gasteiger partial charge in [0.05, 0.1) is 12.6 Å². The molecule has 1 aliphatic heterocycles. The molecule has 0 aliphatic carbocycles. The minimum atomic E-state index is -1.14. The van der Waals surface area contributed by atoms with Gasteiger partial charge in [0.15, 0.2) is 0 Å². The maximum absolute atomic E-state index is 12.0. The molecule has 0 aromatic rings. The van der Waals surface area contributed by atoms with Gasteiger partial charge in [-0.05, 0) is 39.7 Å². The van der Waals surface area contributed by atoms with E-state index < -0.39 is 15.9 Å². The normalized spacial score (nSPS) is 22.0. The number of nitrogens with zero attached hydrogens (tertiary/aromatic N) is 1. The summed E-state index contributed by atoms with van der Waals surface area (Å²) in [5.41, 5.74) is -0.439. The van der Waals surface area contributed by atoms with Gasteiger partial charge < -0.3 is 13.8 Å². The van der Waals surface area contributed by atoms with Crippen molar-refractivity contribution in [1.29, 1.82) is 0 Å². The van der Waals surface area contributed by atoms with Crippen molar-refractivity contribution in [3.05, 3.63) is 0 Å². The fraction of sp³-hybridized carbons (Fsp3) is 0.933. The standard InChI is InChI=1S/C15H31NO3S/c1-14(2,3)18-13(17)16-10-9-12(11-16)19-20(7,8)15(4,5)6/h12H,9-11H2,1-8H3/t12-/m0/s1. The first kappa shape index (κ1) is 17.6. The first-order valence-electron chi connectivity index (χ1n) is 7.21. The zero-order chi connectivity index (χ0) is 15.8. The summed E-state index contributed by atoms with van der Waals surface area (Å²) in [6.07, 6.45) is 5.19. The van der Waals surface area contributed by atoms with Crippen LogP contribution in [0.3, 0.4) is 0 Å². The molecular weight excluding hydrogens is 274 g/mol. The Hall–Kier alpha value is -0.420. The Morgan fingerprint density at radius 1 is 1.15 bits per heavy atom. The van der Waals surface area contributed by atoms with Crippen molar-refractivity contribution in [3.8, 4) is 0 Å². The van der Waals surface area contributed by atoms with Crippen LogP contribution in [0.25, 0.3) is 0 Å². The predicted octanol–water partition coefficient (Wildman–Crippen LogP) is 3.79. The van der Waals surface area contributed by atoms with Gasteiger partial charge in [-0.15, -0.1) is 10.3 Å². The van der Waals surface area contributed by atoms with Crippen molar-refractivity contribution in [2.45, 2.75) is 64.4 Å². The van der Waals surface area contributed by atoms with Crippen molar-refractivity contribution in [1.82, 2.24) is 4.90 Å². The van der Waals surface area contributed by atoms with E-state index in [1.54, 1.807) is 4.90 Å². The lowest BCUT2D eigenvalue weighted by molar-refractivity contribution is 0.0277. The molecule has 0 bridgehead atoms. The highest BCUT2D eigenvalue weighted by molar-refractivity contribution is 8.29. The van der Waals surface area contributed by atoms with Crippen LogP contribution in [-0.2, 0) is 8.92 Å². The average Bonchev–Trinajstić information content (AvgIpc) is 2.60. The third-order valence-electron chi connectivity index (χ3n) is 3.65.